The molecule has 184 valence electrons. The van der Waals surface area contributed by atoms with Crippen LogP contribution in [0.2, 0.25) is 5.02 Å². The second-order valence-corrected chi connectivity index (χ2v) is 8.87. The SMILES string of the molecule is CCOc1cc(/C=N/NC(=O)Cc2ccc(OC)c(OC)c2)cc(I)c1OCc1ccccc1Cl. The van der Waals surface area contributed by atoms with Gasteiger partial charge in [-0.15, -0.1) is 0 Å². The van der Waals surface area contributed by atoms with Crippen molar-refractivity contribution in [2.75, 3.05) is 20.8 Å². The summed E-state index contributed by atoms with van der Waals surface area (Å²) in [5.41, 5.74) is 4.98. The van der Waals surface area contributed by atoms with Gasteiger partial charge in [0.15, 0.2) is 23.0 Å². The van der Waals surface area contributed by atoms with Gasteiger partial charge < -0.3 is 18.9 Å². The Hall–Kier alpha value is -2.98. The zero-order valence-corrected chi connectivity index (χ0v) is 22.6. The zero-order chi connectivity index (χ0) is 25.2. The van der Waals surface area contributed by atoms with Crippen LogP contribution >= 0.6 is 34.2 Å². The van der Waals surface area contributed by atoms with E-state index in [4.69, 9.17) is 30.5 Å². The first-order valence-electron chi connectivity index (χ1n) is 10.8. The fraction of sp³-hybridized carbons (Fsp3) is 0.231. The van der Waals surface area contributed by atoms with Crippen molar-refractivity contribution in [2.24, 2.45) is 5.10 Å². The lowest BCUT2D eigenvalue weighted by atomic mass is 10.1. The van der Waals surface area contributed by atoms with Gasteiger partial charge in [-0.25, -0.2) is 5.43 Å². The van der Waals surface area contributed by atoms with E-state index in [1.807, 2.05) is 49.4 Å². The monoisotopic (exact) mass is 608 g/mol. The lowest BCUT2D eigenvalue weighted by molar-refractivity contribution is -0.120. The Bertz CT molecular complexity index is 1200. The van der Waals surface area contributed by atoms with Crippen molar-refractivity contribution < 1.29 is 23.7 Å². The number of hydrogen-bond donors (Lipinski definition) is 1. The minimum atomic E-state index is -0.257. The van der Waals surface area contributed by atoms with Crippen LogP contribution in [0.4, 0.5) is 0 Å². The number of hydrazone groups is 1. The van der Waals surface area contributed by atoms with E-state index in [0.29, 0.717) is 41.2 Å². The number of carbonyl (C=O) groups excluding carboxylic acids is 1. The maximum Gasteiger partial charge on any atom is 0.244 e. The number of rotatable bonds is 11. The third-order valence-corrected chi connectivity index (χ3v) is 6.05. The maximum absolute atomic E-state index is 12.3. The molecule has 3 aromatic rings. The smallest absolute Gasteiger partial charge is 0.244 e. The van der Waals surface area contributed by atoms with Crippen molar-refractivity contribution in [1.82, 2.24) is 5.43 Å². The number of benzene rings is 3. The van der Waals surface area contributed by atoms with Crippen molar-refractivity contribution in [3.05, 3.63) is 79.9 Å². The van der Waals surface area contributed by atoms with Gasteiger partial charge in [0.25, 0.3) is 0 Å². The van der Waals surface area contributed by atoms with E-state index < -0.39 is 0 Å². The van der Waals surface area contributed by atoms with Crippen molar-refractivity contribution in [1.29, 1.82) is 0 Å². The van der Waals surface area contributed by atoms with E-state index in [-0.39, 0.29) is 12.3 Å². The second-order valence-electron chi connectivity index (χ2n) is 7.30. The van der Waals surface area contributed by atoms with Gasteiger partial charge >= 0.3 is 0 Å². The van der Waals surface area contributed by atoms with Crippen molar-refractivity contribution in [3.63, 3.8) is 0 Å². The predicted molar refractivity (Wildman–Crippen MR) is 145 cm³/mol. The van der Waals surface area contributed by atoms with Gasteiger partial charge in [-0.3, -0.25) is 4.79 Å². The average molecular weight is 609 g/mol. The van der Waals surface area contributed by atoms with Gasteiger partial charge in [0.05, 0.1) is 37.0 Å². The summed E-state index contributed by atoms with van der Waals surface area (Å²) in [4.78, 5) is 12.3. The highest BCUT2D eigenvalue weighted by Crippen LogP contribution is 2.35. The molecule has 7 nitrogen and oxygen atoms in total. The molecule has 3 rings (SSSR count). The maximum atomic E-state index is 12.3. The first kappa shape index (κ1) is 26.6. The average Bonchev–Trinajstić information content (AvgIpc) is 2.84. The molecule has 0 spiro atoms. The molecule has 1 amide bonds. The van der Waals surface area contributed by atoms with E-state index in [1.54, 1.807) is 32.6 Å². The summed E-state index contributed by atoms with van der Waals surface area (Å²) < 4.78 is 23.2. The molecule has 0 unspecified atom stereocenters. The van der Waals surface area contributed by atoms with Crippen LogP contribution in [0, 0.1) is 3.57 Å². The fourth-order valence-electron chi connectivity index (χ4n) is 3.23. The third-order valence-electron chi connectivity index (χ3n) is 4.88. The van der Waals surface area contributed by atoms with E-state index >= 15 is 0 Å². The molecule has 9 heteroatoms. The van der Waals surface area contributed by atoms with Crippen LogP contribution in [0.3, 0.4) is 0 Å². The summed E-state index contributed by atoms with van der Waals surface area (Å²) in [6.07, 6.45) is 1.71. The Morgan fingerprint density at radius 1 is 1.03 bits per heavy atom. The molecule has 0 saturated carbocycles. The molecule has 0 aliphatic heterocycles. The molecule has 0 aromatic heterocycles. The molecule has 0 bridgehead atoms. The molecule has 0 heterocycles. The Morgan fingerprint density at radius 3 is 2.51 bits per heavy atom. The molecule has 0 radical (unpaired) electrons. The van der Waals surface area contributed by atoms with Crippen LogP contribution in [0.25, 0.3) is 0 Å². The van der Waals surface area contributed by atoms with Crippen molar-refractivity contribution in [2.45, 2.75) is 20.0 Å². The summed E-state index contributed by atoms with van der Waals surface area (Å²) in [5, 5.41) is 4.74. The molecule has 0 aliphatic rings. The number of methoxy groups -OCH3 is 2. The lowest BCUT2D eigenvalue weighted by Crippen LogP contribution is -2.19. The van der Waals surface area contributed by atoms with Gasteiger partial charge in [-0.05, 0) is 71.0 Å². The summed E-state index contributed by atoms with van der Waals surface area (Å²) in [6.45, 7) is 2.69. The van der Waals surface area contributed by atoms with Gasteiger partial charge in [0, 0.05) is 10.6 Å². The highest BCUT2D eigenvalue weighted by atomic mass is 127. The number of halogens is 2. The van der Waals surface area contributed by atoms with E-state index in [9.17, 15) is 4.79 Å². The summed E-state index contributed by atoms with van der Waals surface area (Å²) >= 11 is 8.43. The molecule has 0 fully saturated rings. The minimum absolute atomic E-state index is 0.147. The molecule has 0 saturated heterocycles. The summed E-state index contributed by atoms with van der Waals surface area (Å²) in [6, 6.07) is 16.6. The topological polar surface area (TPSA) is 78.4 Å². The second kappa shape index (κ2) is 13.2. The molecule has 0 aliphatic carbocycles. The fourth-order valence-corrected chi connectivity index (χ4v) is 4.20. The van der Waals surface area contributed by atoms with Crippen molar-refractivity contribution in [3.8, 4) is 23.0 Å². The summed E-state index contributed by atoms with van der Waals surface area (Å²) in [7, 11) is 3.12. The summed E-state index contributed by atoms with van der Waals surface area (Å²) in [5.74, 6) is 2.13. The predicted octanol–water partition coefficient (Wildman–Crippen LogP) is 5.63. The Kier molecular flexibility index (Phi) is 10.0. The molecule has 3 aromatic carbocycles. The third kappa shape index (κ3) is 7.50. The first-order valence-corrected chi connectivity index (χ1v) is 12.3. The van der Waals surface area contributed by atoms with Gasteiger partial charge in [0.2, 0.25) is 5.91 Å². The Labute approximate surface area is 223 Å². The minimum Gasteiger partial charge on any atom is -0.493 e. The highest BCUT2D eigenvalue weighted by molar-refractivity contribution is 14.1. The number of nitrogens with zero attached hydrogens (tertiary/aromatic N) is 1. The normalized spacial score (nSPS) is 10.8. The molecule has 1 N–H and O–H groups in total. The number of amides is 1. The molecule has 35 heavy (non-hydrogen) atoms. The van der Waals surface area contributed by atoms with E-state index in [0.717, 1.165) is 20.3 Å². The first-order chi connectivity index (χ1) is 16.9. The van der Waals surface area contributed by atoms with E-state index in [2.05, 4.69) is 33.1 Å². The van der Waals surface area contributed by atoms with Crippen LogP contribution in [-0.4, -0.2) is 32.9 Å². The van der Waals surface area contributed by atoms with Crippen LogP contribution in [0.15, 0.2) is 59.7 Å². The number of nitrogens with one attached hydrogen (secondary N) is 1. The Balaban J connectivity index is 1.66. The van der Waals surface area contributed by atoms with Gasteiger partial charge in [0.1, 0.15) is 6.61 Å². The number of ether oxygens (including phenoxy) is 4. The lowest BCUT2D eigenvalue weighted by Gasteiger charge is -2.15. The van der Waals surface area contributed by atoms with E-state index in [1.165, 1.54) is 0 Å². The van der Waals surface area contributed by atoms with Gasteiger partial charge in [-0.2, -0.15) is 5.10 Å². The largest absolute Gasteiger partial charge is 0.493 e. The van der Waals surface area contributed by atoms with Gasteiger partial charge in [-0.1, -0.05) is 35.9 Å². The zero-order valence-electron chi connectivity index (χ0n) is 19.6. The highest BCUT2D eigenvalue weighted by Gasteiger charge is 2.13. The standard InChI is InChI=1S/C26H26ClIN2O5/c1-4-34-24-13-18(11-21(28)26(24)35-16-19-7-5-6-8-20(19)27)15-29-30-25(31)14-17-9-10-22(32-2)23(12-17)33-3/h5-13,15H,4,14,16H2,1-3H3,(H,30,31)/b29-15+. The van der Waals surface area contributed by atoms with Crippen molar-refractivity contribution >= 4 is 46.3 Å². The molecular weight excluding hydrogens is 583 g/mol. The van der Waals surface area contributed by atoms with Crippen LogP contribution in [0.5, 0.6) is 23.0 Å². The molecule has 0 atom stereocenters. The number of carbonyl (C=O) groups is 1. The van der Waals surface area contributed by atoms with Crippen LogP contribution < -0.4 is 24.4 Å². The Morgan fingerprint density at radius 2 is 1.80 bits per heavy atom. The molecular formula is C26H26ClIN2O5. The van der Waals surface area contributed by atoms with Crippen LogP contribution in [-0.2, 0) is 17.8 Å². The number of hydrogen-bond acceptors (Lipinski definition) is 6. The van der Waals surface area contributed by atoms with Crippen LogP contribution in [0.1, 0.15) is 23.6 Å². The quantitative estimate of drug-likeness (QED) is 0.173.